The Labute approximate surface area is 123 Å². The van der Waals surface area contributed by atoms with Crippen molar-refractivity contribution in [1.29, 1.82) is 0 Å². The Hall–Kier alpha value is -1.65. The molecule has 0 unspecified atom stereocenters. The van der Waals surface area contributed by atoms with Gasteiger partial charge in [-0.15, -0.1) is 11.8 Å². The van der Waals surface area contributed by atoms with E-state index in [0.717, 1.165) is 21.2 Å². The Bertz CT molecular complexity index is 565. The lowest BCUT2D eigenvalue weighted by molar-refractivity contribution is 1.31. The molecule has 4 heteroatoms. The highest BCUT2D eigenvalue weighted by molar-refractivity contribution is 8.24. The second kappa shape index (κ2) is 7.07. The molecular weight excluding hydrogens is 272 g/mol. The topological polar surface area (TPSA) is 24.9 Å². The number of hydrogen-bond donors (Lipinski definition) is 1. The molecule has 1 heterocycles. The van der Waals surface area contributed by atoms with E-state index in [4.69, 9.17) is 12.2 Å². The number of benzene rings is 1. The summed E-state index contributed by atoms with van der Waals surface area (Å²) in [6, 6.07) is 15.9. The van der Waals surface area contributed by atoms with Gasteiger partial charge in [0.2, 0.25) is 0 Å². The lowest BCUT2D eigenvalue weighted by atomic mass is 10.1. The SMILES string of the molecule is CSC(=S)/C(=C/Nc1ccccn1)c1ccccc1. The highest BCUT2D eigenvalue weighted by Gasteiger charge is 2.06. The van der Waals surface area contributed by atoms with Crippen molar-refractivity contribution in [2.45, 2.75) is 0 Å². The average molecular weight is 286 g/mol. The fourth-order valence-corrected chi connectivity index (χ4v) is 2.16. The van der Waals surface area contributed by atoms with E-state index in [0.29, 0.717) is 0 Å². The van der Waals surface area contributed by atoms with Crippen molar-refractivity contribution >= 4 is 39.6 Å². The van der Waals surface area contributed by atoms with Crippen LogP contribution in [0.1, 0.15) is 5.56 Å². The molecule has 19 heavy (non-hydrogen) atoms. The molecule has 2 aromatic rings. The monoisotopic (exact) mass is 286 g/mol. The molecule has 2 rings (SSSR count). The van der Waals surface area contributed by atoms with Gasteiger partial charge in [-0.1, -0.05) is 48.6 Å². The number of anilines is 1. The number of aromatic nitrogens is 1. The first-order valence-electron chi connectivity index (χ1n) is 5.83. The molecule has 0 aliphatic heterocycles. The van der Waals surface area contributed by atoms with Crippen LogP contribution in [-0.4, -0.2) is 15.4 Å². The van der Waals surface area contributed by atoms with Crippen LogP contribution in [0.4, 0.5) is 5.82 Å². The maximum Gasteiger partial charge on any atom is 0.129 e. The minimum atomic E-state index is 0.805. The largest absolute Gasteiger partial charge is 0.346 e. The van der Waals surface area contributed by atoms with E-state index in [1.807, 2.05) is 48.9 Å². The fourth-order valence-electron chi connectivity index (χ4n) is 1.58. The van der Waals surface area contributed by atoms with Gasteiger partial charge in [0.15, 0.2) is 0 Å². The number of nitrogens with one attached hydrogen (secondary N) is 1. The highest BCUT2D eigenvalue weighted by atomic mass is 32.2. The van der Waals surface area contributed by atoms with Gasteiger partial charge >= 0.3 is 0 Å². The molecule has 0 saturated carbocycles. The third-order valence-electron chi connectivity index (χ3n) is 2.52. The number of rotatable bonds is 4. The van der Waals surface area contributed by atoms with Gasteiger partial charge in [-0.05, 0) is 24.0 Å². The van der Waals surface area contributed by atoms with Crippen molar-refractivity contribution in [2.24, 2.45) is 0 Å². The molecule has 0 fully saturated rings. The third-order valence-corrected chi connectivity index (χ3v) is 3.83. The number of thioether (sulfide) groups is 1. The molecule has 0 spiro atoms. The maximum absolute atomic E-state index is 5.41. The summed E-state index contributed by atoms with van der Waals surface area (Å²) in [7, 11) is 0. The number of hydrogen-bond acceptors (Lipinski definition) is 4. The average Bonchev–Trinajstić information content (AvgIpc) is 2.49. The minimum Gasteiger partial charge on any atom is -0.346 e. The standard InChI is InChI=1S/C15H14N2S2/c1-19-15(18)13(12-7-3-2-4-8-12)11-17-14-9-5-6-10-16-14/h2-11H,1H3,(H,16,17)/b13-11+. The Balaban J connectivity index is 2.26. The number of pyridine rings is 1. The van der Waals surface area contributed by atoms with Crippen molar-refractivity contribution in [3.05, 3.63) is 66.5 Å². The summed E-state index contributed by atoms with van der Waals surface area (Å²) in [5.74, 6) is 0.805. The maximum atomic E-state index is 5.41. The van der Waals surface area contributed by atoms with Crippen LogP contribution in [0.25, 0.3) is 5.57 Å². The molecule has 1 aromatic heterocycles. The zero-order chi connectivity index (χ0) is 13.5. The summed E-state index contributed by atoms with van der Waals surface area (Å²) in [5.41, 5.74) is 2.11. The molecule has 0 saturated heterocycles. The lowest BCUT2D eigenvalue weighted by Crippen LogP contribution is -1.99. The highest BCUT2D eigenvalue weighted by Crippen LogP contribution is 2.21. The van der Waals surface area contributed by atoms with Gasteiger partial charge in [0.05, 0.1) is 4.20 Å². The first-order chi connectivity index (χ1) is 9.31. The van der Waals surface area contributed by atoms with E-state index in [1.165, 1.54) is 0 Å². The zero-order valence-corrected chi connectivity index (χ0v) is 12.2. The van der Waals surface area contributed by atoms with Gasteiger partial charge in [0.1, 0.15) is 5.82 Å². The van der Waals surface area contributed by atoms with E-state index in [1.54, 1.807) is 18.0 Å². The summed E-state index contributed by atoms with van der Waals surface area (Å²) < 4.78 is 0.856. The normalized spacial score (nSPS) is 11.1. The summed E-state index contributed by atoms with van der Waals surface area (Å²) in [6.45, 7) is 0. The van der Waals surface area contributed by atoms with Gasteiger partial charge in [-0.25, -0.2) is 4.98 Å². The van der Waals surface area contributed by atoms with Crippen LogP contribution in [0.2, 0.25) is 0 Å². The van der Waals surface area contributed by atoms with Crippen LogP contribution in [-0.2, 0) is 0 Å². The predicted molar refractivity (Wildman–Crippen MR) is 88.4 cm³/mol. The van der Waals surface area contributed by atoms with Gasteiger partial charge < -0.3 is 5.32 Å². The number of thiocarbonyl (C=S) groups is 1. The molecule has 96 valence electrons. The summed E-state index contributed by atoms with van der Waals surface area (Å²) in [4.78, 5) is 4.22. The van der Waals surface area contributed by atoms with Crippen molar-refractivity contribution in [3.63, 3.8) is 0 Å². The molecule has 0 aliphatic rings. The van der Waals surface area contributed by atoms with Crippen LogP contribution >= 0.6 is 24.0 Å². The van der Waals surface area contributed by atoms with Crippen LogP contribution in [0.15, 0.2) is 60.9 Å². The second-order valence-electron chi connectivity index (χ2n) is 3.77. The van der Waals surface area contributed by atoms with Crippen molar-refractivity contribution < 1.29 is 0 Å². The molecular formula is C15H14N2S2. The first kappa shape index (κ1) is 13.8. The molecule has 0 atom stereocenters. The van der Waals surface area contributed by atoms with E-state index in [2.05, 4.69) is 22.4 Å². The van der Waals surface area contributed by atoms with Crippen molar-refractivity contribution in [3.8, 4) is 0 Å². The first-order valence-corrected chi connectivity index (χ1v) is 7.46. The summed E-state index contributed by atoms with van der Waals surface area (Å²) in [6.07, 6.45) is 5.65. The summed E-state index contributed by atoms with van der Waals surface area (Å²) >= 11 is 6.97. The van der Waals surface area contributed by atoms with E-state index in [9.17, 15) is 0 Å². The van der Waals surface area contributed by atoms with E-state index < -0.39 is 0 Å². The van der Waals surface area contributed by atoms with Gasteiger partial charge in [-0.2, -0.15) is 0 Å². The van der Waals surface area contributed by atoms with Crippen LogP contribution < -0.4 is 5.32 Å². The molecule has 2 nitrogen and oxygen atoms in total. The predicted octanol–water partition coefficient (Wildman–Crippen LogP) is 4.23. The van der Waals surface area contributed by atoms with Crippen molar-refractivity contribution in [2.75, 3.05) is 11.6 Å². The van der Waals surface area contributed by atoms with Gasteiger partial charge in [-0.3, -0.25) is 0 Å². The Morgan fingerprint density at radius 2 is 1.89 bits per heavy atom. The number of nitrogens with zero attached hydrogens (tertiary/aromatic N) is 1. The molecule has 0 amide bonds. The van der Waals surface area contributed by atoms with Crippen LogP contribution in [0, 0.1) is 0 Å². The molecule has 0 radical (unpaired) electrons. The Morgan fingerprint density at radius 1 is 1.16 bits per heavy atom. The Kier molecular flexibility index (Phi) is 5.12. The third kappa shape index (κ3) is 3.91. The fraction of sp³-hybridized carbons (Fsp3) is 0.0667. The summed E-state index contributed by atoms with van der Waals surface area (Å²) in [5, 5.41) is 3.18. The lowest BCUT2D eigenvalue weighted by Gasteiger charge is -2.08. The smallest absolute Gasteiger partial charge is 0.129 e. The zero-order valence-electron chi connectivity index (χ0n) is 10.5. The van der Waals surface area contributed by atoms with E-state index >= 15 is 0 Å². The molecule has 1 N–H and O–H groups in total. The molecule has 0 aliphatic carbocycles. The van der Waals surface area contributed by atoms with Gasteiger partial charge in [0, 0.05) is 18.0 Å². The van der Waals surface area contributed by atoms with Crippen LogP contribution in [0.5, 0.6) is 0 Å². The van der Waals surface area contributed by atoms with Crippen LogP contribution in [0.3, 0.4) is 0 Å². The van der Waals surface area contributed by atoms with Crippen molar-refractivity contribution in [1.82, 2.24) is 4.98 Å². The second-order valence-corrected chi connectivity index (χ2v) is 5.26. The minimum absolute atomic E-state index is 0.805. The van der Waals surface area contributed by atoms with E-state index in [-0.39, 0.29) is 0 Å². The quantitative estimate of drug-likeness (QED) is 0.672. The Morgan fingerprint density at radius 3 is 2.53 bits per heavy atom. The van der Waals surface area contributed by atoms with Gasteiger partial charge in [0.25, 0.3) is 0 Å². The molecule has 1 aromatic carbocycles. The molecule has 0 bridgehead atoms.